The van der Waals surface area contributed by atoms with Gasteiger partial charge in [0.1, 0.15) is 0 Å². The normalized spacial score (nSPS) is 11.7. The second-order valence-electron chi connectivity index (χ2n) is 6.53. The lowest BCUT2D eigenvalue weighted by Gasteiger charge is -2.13. The monoisotopic (exact) mass is 441 g/mol. The fraction of sp³-hybridized carbons (Fsp3) is 0.238. The van der Waals surface area contributed by atoms with E-state index < -0.39 is 0 Å². The first-order chi connectivity index (χ1) is 14.5. The average molecular weight is 442 g/mol. The van der Waals surface area contributed by atoms with E-state index in [4.69, 9.17) is 0 Å². The summed E-state index contributed by atoms with van der Waals surface area (Å²) in [5.74, 6) is 0.537. The Balaban J connectivity index is 1.56. The van der Waals surface area contributed by atoms with Gasteiger partial charge in [-0.1, -0.05) is 36.0 Å². The van der Waals surface area contributed by atoms with Crippen LogP contribution in [0.25, 0.3) is 0 Å². The van der Waals surface area contributed by atoms with Gasteiger partial charge < -0.3 is 15.2 Å². The van der Waals surface area contributed by atoms with Gasteiger partial charge in [0.15, 0.2) is 11.0 Å². The fourth-order valence-electron chi connectivity index (χ4n) is 2.79. The highest BCUT2D eigenvalue weighted by atomic mass is 32.2. The highest BCUT2D eigenvalue weighted by molar-refractivity contribution is 7.99. The maximum absolute atomic E-state index is 12.4. The van der Waals surface area contributed by atoms with Crippen LogP contribution in [-0.2, 0) is 11.8 Å². The number of amides is 2. The van der Waals surface area contributed by atoms with Crippen molar-refractivity contribution in [2.75, 3.05) is 17.3 Å². The third kappa shape index (κ3) is 5.64. The van der Waals surface area contributed by atoms with E-state index in [-0.39, 0.29) is 23.6 Å². The zero-order chi connectivity index (χ0) is 21.5. The van der Waals surface area contributed by atoms with Gasteiger partial charge in [-0.2, -0.15) is 0 Å². The molecule has 0 bridgehead atoms. The molecule has 0 aliphatic rings. The molecule has 0 spiro atoms. The van der Waals surface area contributed by atoms with Crippen LogP contribution in [0.2, 0.25) is 0 Å². The van der Waals surface area contributed by atoms with E-state index in [1.54, 1.807) is 28.5 Å². The standard InChI is InChI=1S/C21H23N5O2S2/c1-14(22-20(28)15-8-5-4-6-9-15)19-24-25-21(26(19)2)30-13-18(27)23-16-10-7-11-17(12-16)29-3/h4-12,14H,13H2,1-3H3,(H,22,28)(H,23,27). The number of nitrogens with one attached hydrogen (secondary N) is 2. The maximum Gasteiger partial charge on any atom is 0.251 e. The predicted molar refractivity (Wildman–Crippen MR) is 121 cm³/mol. The summed E-state index contributed by atoms with van der Waals surface area (Å²) >= 11 is 2.92. The van der Waals surface area contributed by atoms with Crippen molar-refractivity contribution >= 4 is 41.0 Å². The molecular formula is C21H23N5O2S2. The molecule has 2 aromatic carbocycles. The highest BCUT2D eigenvalue weighted by Crippen LogP contribution is 2.21. The molecule has 1 unspecified atom stereocenters. The first-order valence-electron chi connectivity index (χ1n) is 9.30. The topological polar surface area (TPSA) is 88.9 Å². The Morgan fingerprint density at radius 2 is 1.87 bits per heavy atom. The quantitative estimate of drug-likeness (QED) is 0.518. The largest absolute Gasteiger partial charge is 0.342 e. The summed E-state index contributed by atoms with van der Waals surface area (Å²) in [7, 11) is 1.82. The number of benzene rings is 2. The molecule has 0 saturated heterocycles. The second-order valence-corrected chi connectivity index (χ2v) is 8.35. The van der Waals surface area contributed by atoms with Gasteiger partial charge in [0.05, 0.1) is 11.8 Å². The summed E-state index contributed by atoms with van der Waals surface area (Å²) in [6.45, 7) is 1.85. The molecule has 0 aliphatic heterocycles. The van der Waals surface area contributed by atoms with Crippen LogP contribution in [0.5, 0.6) is 0 Å². The molecule has 1 heterocycles. The van der Waals surface area contributed by atoms with Crippen molar-refractivity contribution in [2.24, 2.45) is 7.05 Å². The van der Waals surface area contributed by atoms with E-state index in [1.807, 2.05) is 62.7 Å². The molecule has 2 N–H and O–H groups in total. The minimum absolute atomic E-state index is 0.117. The van der Waals surface area contributed by atoms with Crippen LogP contribution in [0.3, 0.4) is 0 Å². The van der Waals surface area contributed by atoms with Crippen molar-refractivity contribution in [1.82, 2.24) is 20.1 Å². The van der Waals surface area contributed by atoms with E-state index in [0.717, 1.165) is 10.6 Å². The molecule has 30 heavy (non-hydrogen) atoms. The van der Waals surface area contributed by atoms with Gasteiger partial charge in [-0.25, -0.2) is 0 Å². The molecular weight excluding hydrogens is 418 g/mol. The number of anilines is 1. The molecule has 9 heteroatoms. The number of rotatable bonds is 8. The Labute approximate surface area is 184 Å². The zero-order valence-electron chi connectivity index (χ0n) is 17.0. The van der Waals surface area contributed by atoms with Crippen LogP contribution in [0.15, 0.2) is 64.6 Å². The summed E-state index contributed by atoms with van der Waals surface area (Å²) in [5, 5.41) is 14.8. The van der Waals surface area contributed by atoms with E-state index in [0.29, 0.717) is 16.5 Å². The SMILES string of the molecule is CSc1cccc(NC(=O)CSc2nnc(C(C)NC(=O)c3ccccc3)n2C)c1. The van der Waals surface area contributed by atoms with Gasteiger partial charge in [-0.05, 0) is 43.5 Å². The predicted octanol–water partition coefficient (Wildman–Crippen LogP) is 3.76. The third-order valence-corrected chi connectivity index (χ3v) is 6.07. The molecule has 1 atom stereocenters. The minimum Gasteiger partial charge on any atom is -0.342 e. The van der Waals surface area contributed by atoms with E-state index in [1.165, 1.54) is 11.8 Å². The van der Waals surface area contributed by atoms with Crippen LogP contribution in [0.4, 0.5) is 5.69 Å². The van der Waals surface area contributed by atoms with Gasteiger partial charge in [-0.15, -0.1) is 22.0 Å². The molecule has 3 aromatic rings. The van der Waals surface area contributed by atoms with Gasteiger partial charge in [-0.3, -0.25) is 9.59 Å². The highest BCUT2D eigenvalue weighted by Gasteiger charge is 2.19. The van der Waals surface area contributed by atoms with Crippen LogP contribution < -0.4 is 10.6 Å². The van der Waals surface area contributed by atoms with E-state index in [2.05, 4.69) is 20.8 Å². The van der Waals surface area contributed by atoms with Gasteiger partial charge >= 0.3 is 0 Å². The van der Waals surface area contributed by atoms with Crippen LogP contribution in [0.1, 0.15) is 29.1 Å². The smallest absolute Gasteiger partial charge is 0.251 e. The van der Waals surface area contributed by atoms with Crippen LogP contribution >= 0.6 is 23.5 Å². The number of hydrogen-bond acceptors (Lipinski definition) is 6. The summed E-state index contributed by atoms with van der Waals surface area (Å²) < 4.78 is 1.79. The number of carbonyl (C=O) groups is 2. The molecule has 156 valence electrons. The molecule has 0 aliphatic carbocycles. The van der Waals surface area contributed by atoms with Crippen molar-refractivity contribution in [3.05, 3.63) is 66.0 Å². The average Bonchev–Trinajstić information content (AvgIpc) is 3.13. The van der Waals surface area contributed by atoms with Crippen molar-refractivity contribution in [1.29, 1.82) is 0 Å². The Morgan fingerprint density at radius 1 is 1.10 bits per heavy atom. The lowest BCUT2D eigenvalue weighted by atomic mass is 10.2. The molecule has 2 amide bonds. The van der Waals surface area contributed by atoms with Crippen molar-refractivity contribution in [3.8, 4) is 0 Å². The lowest BCUT2D eigenvalue weighted by molar-refractivity contribution is -0.113. The van der Waals surface area contributed by atoms with Crippen molar-refractivity contribution < 1.29 is 9.59 Å². The Morgan fingerprint density at radius 3 is 2.60 bits per heavy atom. The lowest BCUT2D eigenvalue weighted by Crippen LogP contribution is -2.28. The van der Waals surface area contributed by atoms with Crippen molar-refractivity contribution in [2.45, 2.75) is 23.0 Å². The Bertz CT molecular complexity index is 1020. The number of carbonyl (C=O) groups excluding carboxylic acids is 2. The molecule has 0 saturated carbocycles. The van der Waals surface area contributed by atoms with Crippen LogP contribution in [-0.4, -0.2) is 38.6 Å². The summed E-state index contributed by atoms with van der Waals surface area (Å²) in [6, 6.07) is 16.4. The summed E-state index contributed by atoms with van der Waals surface area (Å²) in [5.41, 5.74) is 1.35. The zero-order valence-corrected chi connectivity index (χ0v) is 18.6. The molecule has 0 radical (unpaired) electrons. The Kier molecular flexibility index (Phi) is 7.53. The summed E-state index contributed by atoms with van der Waals surface area (Å²) in [6.07, 6.45) is 1.99. The number of aromatic nitrogens is 3. The fourth-order valence-corrected chi connectivity index (χ4v) is 3.97. The van der Waals surface area contributed by atoms with E-state index in [9.17, 15) is 9.59 Å². The van der Waals surface area contributed by atoms with Gasteiger partial charge in [0.25, 0.3) is 5.91 Å². The number of nitrogens with zero attached hydrogens (tertiary/aromatic N) is 3. The van der Waals surface area contributed by atoms with Gasteiger partial charge in [0, 0.05) is 23.2 Å². The second kappa shape index (κ2) is 10.3. The number of hydrogen-bond donors (Lipinski definition) is 2. The first kappa shape index (κ1) is 21.9. The molecule has 3 rings (SSSR count). The molecule has 0 fully saturated rings. The number of thioether (sulfide) groups is 2. The van der Waals surface area contributed by atoms with Crippen LogP contribution in [0, 0.1) is 0 Å². The molecule has 1 aromatic heterocycles. The summed E-state index contributed by atoms with van der Waals surface area (Å²) in [4.78, 5) is 25.7. The van der Waals surface area contributed by atoms with E-state index >= 15 is 0 Å². The minimum atomic E-state index is -0.326. The van der Waals surface area contributed by atoms with Gasteiger partial charge in [0.2, 0.25) is 5.91 Å². The first-order valence-corrected chi connectivity index (χ1v) is 11.5. The Hall–Kier alpha value is -2.78. The third-order valence-electron chi connectivity index (χ3n) is 4.33. The van der Waals surface area contributed by atoms with Crippen molar-refractivity contribution in [3.63, 3.8) is 0 Å². The maximum atomic E-state index is 12.4. The molecule has 7 nitrogen and oxygen atoms in total.